The first kappa shape index (κ1) is 17.6. The standard InChI is InChI=1S/C21H22FNO4/c22-17-3-1-2-4-18(17)27-16-9-11-23(12-10-16)21(24)8-6-15-5-7-19-20(13-15)26-14-25-19/h1-5,7,13,16H,6,8-12,14H2. The van der Waals surface area contributed by atoms with Crippen molar-refractivity contribution in [2.24, 2.45) is 0 Å². The van der Waals surface area contributed by atoms with Gasteiger partial charge in [0, 0.05) is 32.4 Å². The predicted molar refractivity (Wildman–Crippen MR) is 97.5 cm³/mol. The van der Waals surface area contributed by atoms with Gasteiger partial charge in [-0.1, -0.05) is 18.2 Å². The number of benzene rings is 2. The number of fused-ring (bicyclic) bond motifs is 1. The molecule has 6 heteroatoms. The number of ether oxygens (including phenoxy) is 3. The molecule has 0 unspecified atom stereocenters. The second-order valence-electron chi connectivity index (χ2n) is 6.82. The molecule has 0 saturated carbocycles. The molecule has 1 amide bonds. The predicted octanol–water partition coefficient (Wildman–Crippen LogP) is 3.56. The fourth-order valence-electron chi connectivity index (χ4n) is 3.45. The van der Waals surface area contributed by atoms with Crippen molar-refractivity contribution in [2.45, 2.75) is 31.8 Å². The molecule has 27 heavy (non-hydrogen) atoms. The highest BCUT2D eigenvalue weighted by Crippen LogP contribution is 2.32. The van der Waals surface area contributed by atoms with Gasteiger partial charge in [0.15, 0.2) is 23.1 Å². The molecule has 2 aromatic rings. The van der Waals surface area contributed by atoms with Crippen LogP contribution in [0.15, 0.2) is 42.5 Å². The van der Waals surface area contributed by atoms with E-state index < -0.39 is 0 Å². The quantitative estimate of drug-likeness (QED) is 0.806. The van der Waals surface area contributed by atoms with Crippen LogP contribution in [0.3, 0.4) is 0 Å². The van der Waals surface area contributed by atoms with E-state index in [1.165, 1.54) is 6.07 Å². The molecule has 0 N–H and O–H groups in total. The zero-order chi connectivity index (χ0) is 18.6. The highest BCUT2D eigenvalue weighted by molar-refractivity contribution is 5.76. The molecule has 142 valence electrons. The van der Waals surface area contributed by atoms with E-state index >= 15 is 0 Å². The average Bonchev–Trinajstić information content (AvgIpc) is 3.16. The summed E-state index contributed by atoms with van der Waals surface area (Å²) in [7, 11) is 0. The molecule has 4 rings (SSSR count). The van der Waals surface area contributed by atoms with Crippen molar-refractivity contribution in [3.8, 4) is 17.2 Å². The molecule has 2 aliphatic heterocycles. The molecular formula is C21H22FNO4. The van der Waals surface area contributed by atoms with Crippen molar-refractivity contribution in [2.75, 3.05) is 19.9 Å². The zero-order valence-electron chi connectivity index (χ0n) is 15.0. The highest BCUT2D eigenvalue weighted by Gasteiger charge is 2.24. The van der Waals surface area contributed by atoms with Crippen LogP contribution in [-0.2, 0) is 11.2 Å². The van der Waals surface area contributed by atoms with Crippen molar-refractivity contribution < 1.29 is 23.4 Å². The first-order chi connectivity index (χ1) is 13.2. The van der Waals surface area contributed by atoms with Gasteiger partial charge in [0.2, 0.25) is 12.7 Å². The maximum atomic E-state index is 13.7. The molecule has 5 nitrogen and oxygen atoms in total. The van der Waals surface area contributed by atoms with Gasteiger partial charge in [-0.2, -0.15) is 0 Å². The van der Waals surface area contributed by atoms with Crippen LogP contribution < -0.4 is 14.2 Å². The van der Waals surface area contributed by atoms with Gasteiger partial charge in [0.25, 0.3) is 0 Å². The lowest BCUT2D eigenvalue weighted by Crippen LogP contribution is -2.41. The number of carbonyl (C=O) groups excluding carboxylic acids is 1. The van der Waals surface area contributed by atoms with Crippen LogP contribution in [0.1, 0.15) is 24.8 Å². The smallest absolute Gasteiger partial charge is 0.231 e. The highest BCUT2D eigenvalue weighted by atomic mass is 19.1. The summed E-state index contributed by atoms with van der Waals surface area (Å²) < 4.78 is 30.1. The Bertz CT molecular complexity index is 818. The van der Waals surface area contributed by atoms with Crippen LogP contribution >= 0.6 is 0 Å². The topological polar surface area (TPSA) is 48.0 Å². The minimum Gasteiger partial charge on any atom is -0.487 e. The van der Waals surface area contributed by atoms with E-state index in [1.54, 1.807) is 18.2 Å². The molecule has 2 aliphatic rings. The fourth-order valence-corrected chi connectivity index (χ4v) is 3.45. The van der Waals surface area contributed by atoms with Gasteiger partial charge >= 0.3 is 0 Å². The average molecular weight is 371 g/mol. The zero-order valence-corrected chi connectivity index (χ0v) is 15.0. The number of para-hydroxylation sites is 1. The third-order valence-electron chi connectivity index (χ3n) is 4.99. The van der Waals surface area contributed by atoms with E-state index in [0.717, 1.165) is 17.1 Å². The normalized spacial score (nSPS) is 16.4. The number of likely N-dealkylation sites (tertiary alicyclic amines) is 1. The molecular weight excluding hydrogens is 349 g/mol. The van der Waals surface area contributed by atoms with E-state index in [0.29, 0.717) is 38.8 Å². The first-order valence-corrected chi connectivity index (χ1v) is 9.26. The number of rotatable bonds is 5. The second kappa shape index (κ2) is 7.86. The summed E-state index contributed by atoms with van der Waals surface area (Å²) >= 11 is 0. The van der Waals surface area contributed by atoms with Crippen LogP contribution in [0.25, 0.3) is 0 Å². The number of halogens is 1. The summed E-state index contributed by atoms with van der Waals surface area (Å²) in [5.74, 6) is 1.56. The summed E-state index contributed by atoms with van der Waals surface area (Å²) in [4.78, 5) is 14.4. The minimum absolute atomic E-state index is 0.0557. The molecule has 0 aliphatic carbocycles. The Hall–Kier alpha value is -2.76. The summed E-state index contributed by atoms with van der Waals surface area (Å²) in [6.07, 6.45) is 2.49. The van der Waals surface area contributed by atoms with Crippen molar-refractivity contribution in [1.29, 1.82) is 0 Å². The van der Waals surface area contributed by atoms with Gasteiger partial charge in [-0.15, -0.1) is 0 Å². The number of piperidine rings is 1. The van der Waals surface area contributed by atoms with Crippen LogP contribution in [0.2, 0.25) is 0 Å². The van der Waals surface area contributed by atoms with E-state index in [2.05, 4.69) is 0 Å². The van der Waals surface area contributed by atoms with Crippen molar-refractivity contribution in [3.63, 3.8) is 0 Å². The van der Waals surface area contributed by atoms with Gasteiger partial charge in [-0.25, -0.2) is 4.39 Å². The van der Waals surface area contributed by atoms with Crippen molar-refractivity contribution >= 4 is 5.91 Å². The lowest BCUT2D eigenvalue weighted by molar-refractivity contribution is -0.132. The van der Waals surface area contributed by atoms with Crippen LogP contribution in [0.5, 0.6) is 17.2 Å². The third kappa shape index (κ3) is 4.15. The molecule has 0 radical (unpaired) electrons. The van der Waals surface area contributed by atoms with Crippen LogP contribution in [-0.4, -0.2) is 36.8 Å². The maximum absolute atomic E-state index is 13.7. The van der Waals surface area contributed by atoms with Gasteiger partial charge in [-0.3, -0.25) is 4.79 Å². The Balaban J connectivity index is 1.24. The van der Waals surface area contributed by atoms with Crippen molar-refractivity contribution in [3.05, 3.63) is 53.8 Å². The molecule has 1 saturated heterocycles. The van der Waals surface area contributed by atoms with E-state index in [1.807, 2.05) is 23.1 Å². The molecule has 1 fully saturated rings. The fraction of sp³-hybridized carbons (Fsp3) is 0.381. The Morgan fingerprint density at radius 2 is 1.89 bits per heavy atom. The number of carbonyl (C=O) groups is 1. The van der Waals surface area contributed by atoms with Crippen molar-refractivity contribution in [1.82, 2.24) is 4.90 Å². The van der Waals surface area contributed by atoms with Gasteiger partial charge in [-0.05, 0) is 36.2 Å². The number of aryl methyl sites for hydroxylation is 1. The number of hydrogen-bond acceptors (Lipinski definition) is 4. The molecule has 2 aromatic carbocycles. The van der Waals surface area contributed by atoms with Crippen LogP contribution in [0.4, 0.5) is 4.39 Å². The molecule has 0 spiro atoms. The lowest BCUT2D eigenvalue weighted by Gasteiger charge is -2.32. The maximum Gasteiger partial charge on any atom is 0.231 e. The first-order valence-electron chi connectivity index (χ1n) is 9.26. The minimum atomic E-state index is -0.347. The van der Waals surface area contributed by atoms with E-state index in [9.17, 15) is 9.18 Å². The second-order valence-corrected chi connectivity index (χ2v) is 6.82. The summed E-state index contributed by atoms with van der Waals surface area (Å²) in [6.45, 7) is 1.53. The SMILES string of the molecule is O=C(CCc1ccc2c(c1)OCO2)N1CCC(Oc2ccccc2F)CC1. The van der Waals surface area contributed by atoms with Crippen LogP contribution in [0, 0.1) is 5.82 Å². The number of hydrogen-bond donors (Lipinski definition) is 0. The molecule has 0 atom stereocenters. The third-order valence-corrected chi connectivity index (χ3v) is 4.99. The van der Waals surface area contributed by atoms with E-state index in [-0.39, 0.29) is 30.4 Å². The molecule has 2 heterocycles. The Morgan fingerprint density at radius 3 is 2.70 bits per heavy atom. The monoisotopic (exact) mass is 371 g/mol. The summed E-state index contributed by atoms with van der Waals surface area (Å²) in [5, 5.41) is 0. The van der Waals surface area contributed by atoms with E-state index in [4.69, 9.17) is 14.2 Å². The Labute approximate surface area is 157 Å². The van der Waals surface area contributed by atoms with Gasteiger partial charge < -0.3 is 19.1 Å². The lowest BCUT2D eigenvalue weighted by atomic mass is 10.1. The molecule has 0 aromatic heterocycles. The molecule has 0 bridgehead atoms. The summed E-state index contributed by atoms with van der Waals surface area (Å²) in [6, 6.07) is 12.2. The number of amides is 1. The summed E-state index contributed by atoms with van der Waals surface area (Å²) in [5.41, 5.74) is 1.06. The van der Waals surface area contributed by atoms with Gasteiger partial charge in [0.1, 0.15) is 6.10 Å². The Morgan fingerprint density at radius 1 is 1.11 bits per heavy atom. The Kier molecular flexibility index (Phi) is 5.14. The largest absolute Gasteiger partial charge is 0.487 e. The van der Waals surface area contributed by atoms with Gasteiger partial charge in [0.05, 0.1) is 0 Å². The number of nitrogens with zero attached hydrogens (tertiary/aromatic N) is 1.